The molecule has 0 atom stereocenters. The van der Waals surface area contributed by atoms with Crippen molar-refractivity contribution in [2.75, 3.05) is 0 Å². The maximum absolute atomic E-state index is 11.3. The van der Waals surface area contributed by atoms with Crippen LogP contribution >= 0.6 is 22.9 Å². The van der Waals surface area contributed by atoms with Gasteiger partial charge in [0.15, 0.2) is 0 Å². The van der Waals surface area contributed by atoms with Crippen molar-refractivity contribution in [3.05, 3.63) is 46.0 Å². The first-order chi connectivity index (χ1) is 9.65. The van der Waals surface area contributed by atoms with Gasteiger partial charge in [0.1, 0.15) is 11.3 Å². The van der Waals surface area contributed by atoms with E-state index < -0.39 is 5.97 Å². The average molecular weight is 307 g/mol. The zero-order chi connectivity index (χ0) is 14.1. The fraction of sp³-hybridized carbons (Fsp3) is 0. The minimum absolute atomic E-state index is 0.0759. The van der Waals surface area contributed by atoms with Gasteiger partial charge in [-0.2, -0.15) is 5.10 Å². The van der Waals surface area contributed by atoms with Crippen LogP contribution in [0.3, 0.4) is 0 Å². The largest absolute Gasteiger partial charge is 0.478 e. The third kappa shape index (κ3) is 2.28. The highest BCUT2D eigenvalue weighted by atomic mass is 35.5. The van der Waals surface area contributed by atoms with Gasteiger partial charge in [-0.05, 0) is 12.1 Å². The van der Waals surface area contributed by atoms with Crippen molar-refractivity contribution < 1.29 is 9.90 Å². The van der Waals surface area contributed by atoms with Gasteiger partial charge in [-0.3, -0.25) is 0 Å². The van der Waals surface area contributed by atoms with E-state index in [1.54, 1.807) is 29.9 Å². The highest BCUT2D eigenvalue weighted by Gasteiger charge is 2.19. The molecule has 8 heteroatoms. The lowest BCUT2D eigenvalue weighted by molar-refractivity contribution is 0.0697. The zero-order valence-corrected chi connectivity index (χ0v) is 11.5. The normalized spacial score (nSPS) is 10.7. The molecule has 0 bridgehead atoms. The Labute approximate surface area is 122 Å². The van der Waals surface area contributed by atoms with Crippen LogP contribution in [0.2, 0.25) is 4.34 Å². The van der Waals surface area contributed by atoms with E-state index in [1.807, 2.05) is 0 Å². The molecule has 3 rings (SSSR count). The summed E-state index contributed by atoms with van der Waals surface area (Å²) >= 11 is 7.19. The Morgan fingerprint density at radius 1 is 1.35 bits per heavy atom. The molecule has 0 amide bonds. The van der Waals surface area contributed by atoms with Gasteiger partial charge in [0.2, 0.25) is 5.95 Å². The van der Waals surface area contributed by atoms with Crippen molar-refractivity contribution in [3.63, 3.8) is 0 Å². The van der Waals surface area contributed by atoms with Crippen molar-refractivity contribution in [2.45, 2.75) is 0 Å². The standard InChI is InChI=1S/C12H7ClN4O2S/c13-9-4-7(6-20-9)10-8(11(18)19)5-17(16-10)12-14-2-1-3-15-12/h1-6H,(H,18,19). The van der Waals surface area contributed by atoms with E-state index in [4.69, 9.17) is 11.6 Å². The average Bonchev–Trinajstić information content (AvgIpc) is 3.05. The fourth-order valence-corrected chi connectivity index (χ4v) is 2.56. The van der Waals surface area contributed by atoms with Crippen molar-refractivity contribution in [1.82, 2.24) is 19.7 Å². The maximum atomic E-state index is 11.3. The summed E-state index contributed by atoms with van der Waals surface area (Å²) in [6.07, 6.45) is 4.51. The van der Waals surface area contributed by atoms with Crippen molar-refractivity contribution in [1.29, 1.82) is 0 Å². The fourth-order valence-electron chi connectivity index (χ4n) is 1.69. The molecular formula is C12H7ClN4O2S. The minimum Gasteiger partial charge on any atom is -0.478 e. The lowest BCUT2D eigenvalue weighted by atomic mass is 10.1. The number of carbonyl (C=O) groups is 1. The highest BCUT2D eigenvalue weighted by molar-refractivity contribution is 7.14. The van der Waals surface area contributed by atoms with E-state index in [1.165, 1.54) is 22.2 Å². The Morgan fingerprint density at radius 3 is 2.70 bits per heavy atom. The predicted molar refractivity (Wildman–Crippen MR) is 74.4 cm³/mol. The molecule has 0 saturated carbocycles. The minimum atomic E-state index is -1.07. The second-order valence-corrected chi connectivity index (χ2v) is 5.37. The van der Waals surface area contributed by atoms with Crippen molar-refractivity contribution >= 4 is 28.9 Å². The van der Waals surface area contributed by atoms with Gasteiger partial charge in [-0.25, -0.2) is 19.4 Å². The quantitative estimate of drug-likeness (QED) is 0.804. The lowest BCUT2D eigenvalue weighted by Gasteiger charge is -1.96. The van der Waals surface area contributed by atoms with Gasteiger partial charge < -0.3 is 5.11 Å². The van der Waals surface area contributed by atoms with Crippen LogP contribution in [0, 0.1) is 0 Å². The Hall–Kier alpha value is -2.25. The summed E-state index contributed by atoms with van der Waals surface area (Å²) in [7, 11) is 0. The summed E-state index contributed by atoms with van der Waals surface area (Å²) in [5, 5.41) is 15.3. The number of hydrogen-bond acceptors (Lipinski definition) is 5. The molecule has 0 unspecified atom stereocenters. The Kier molecular flexibility index (Phi) is 3.21. The van der Waals surface area contributed by atoms with E-state index in [0.29, 0.717) is 21.5 Å². The van der Waals surface area contributed by atoms with Crippen LogP contribution in [0.5, 0.6) is 0 Å². The first-order valence-electron chi connectivity index (χ1n) is 5.50. The molecule has 20 heavy (non-hydrogen) atoms. The summed E-state index contributed by atoms with van der Waals surface area (Å²) in [5.41, 5.74) is 1.08. The second kappa shape index (κ2) is 5.03. The summed E-state index contributed by atoms with van der Waals surface area (Å²) in [4.78, 5) is 19.4. The molecule has 0 aliphatic heterocycles. The molecule has 0 spiro atoms. The van der Waals surface area contributed by atoms with E-state index in [2.05, 4.69) is 15.1 Å². The number of thiophene rings is 1. The molecule has 100 valence electrons. The predicted octanol–water partition coefficient (Wildman–Crippen LogP) is 2.74. The molecule has 0 aromatic carbocycles. The van der Waals surface area contributed by atoms with Crippen LogP contribution in [0.4, 0.5) is 0 Å². The maximum Gasteiger partial charge on any atom is 0.339 e. The number of nitrogens with zero attached hydrogens (tertiary/aromatic N) is 4. The van der Waals surface area contributed by atoms with Gasteiger partial charge in [0.05, 0.1) is 4.34 Å². The van der Waals surface area contributed by atoms with Gasteiger partial charge in [0, 0.05) is 29.5 Å². The third-order valence-electron chi connectivity index (χ3n) is 2.54. The Bertz CT molecular complexity index is 769. The van der Waals surface area contributed by atoms with E-state index in [9.17, 15) is 9.90 Å². The van der Waals surface area contributed by atoms with Gasteiger partial charge in [-0.15, -0.1) is 11.3 Å². The number of aromatic nitrogens is 4. The van der Waals surface area contributed by atoms with Crippen LogP contribution in [0.1, 0.15) is 10.4 Å². The molecule has 0 aliphatic carbocycles. The molecule has 6 nitrogen and oxygen atoms in total. The number of aromatic carboxylic acids is 1. The molecule has 0 fully saturated rings. The Morgan fingerprint density at radius 2 is 2.10 bits per heavy atom. The summed E-state index contributed by atoms with van der Waals surface area (Å²) in [6.45, 7) is 0. The van der Waals surface area contributed by atoms with Gasteiger partial charge in [-0.1, -0.05) is 11.6 Å². The van der Waals surface area contributed by atoms with E-state index in [0.717, 1.165) is 0 Å². The molecule has 0 aliphatic rings. The SMILES string of the molecule is O=C(O)c1cn(-c2ncccn2)nc1-c1csc(Cl)c1. The van der Waals surface area contributed by atoms with E-state index >= 15 is 0 Å². The molecule has 3 heterocycles. The smallest absolute Gasteiger partial charge is 0.339 e. The molecule has 0 radical (unpaired) electrons. The molecule has 0 saturated heterocycles. The molecule has 3 aromatic heterocycles. The molecule has 1 N–H and O–H groups in total. The molecular weight excluding hydrogens is 300 g/mol. The second-order valence-electron chi connectivity index (χ2n) is 3.83. The lowest BCUT2D eigenvalue weighted by Crippen LogP contribution is -2.00. The summed E-state index contributed by atoms with van der Waals surface area (Å²) in [6, 6.07) is 3.35. The summed E-state index contributed by atoms with van der Waals surface area (Å²) < 4.78 is 1.91. The molecule has 3 aromatic rings. The number of carboxylic acids is 1. The third-order valence-corrected chi connectivity index (χ3v) is 3.63. The topological polar surface area (TPSA) is 80.9 Å². The first-order valence-corrected chi connectivity index (χ1v) is 6.75. The number of rotatable bonds is 3. The Balaban J connectivity index is 2.15. The van der Waals surface area contributed by atoms with Crippen LogP contribution in [-0.4, -0.2) is 30.8 Å². The summed E-state index contributed by atoms with van der Waals surface area (Å²) in [5.74, 6) is -0.757. The van der Waals surface area contributed by atoms with Crippen LogP contribution < -0.4 is 0 Å². The van der Waals surface area contributed by atoms with Crippen LogP contribution in [-0.2, 0) is 0 Å². The highest BCUT2D eigenvalue weighted by Crippen LogP contribution is 2.30. The monoisotopic (exact) mass is 306 g/mol. The van der Waals surface area contributed by atoms with Crippen LogP contribution in [0.25, 0.3) is 17.2 Å². The first kappa shape index (κ1) is 12.8. The number of hydrogen-bond donors (Lipinski definition) is 1. The van der Waals surface area contributed by atoms with Crippen LogP contribution in [0.15, 0.2) is 36.1 Å². The number of carboxylic acid groups (broad SMARTS) is 1. The van der Waals surface area contributed by atoms with E-state index in [-0.39, 0.29) is 5.56 Å². The van der Waals surface area contributed by atoms with Crippen molar-refractivity contribution in [2.24, 2.45) is 0 Å². The van der Waals surface area contributed by atoms with Gasteiger partial charge in [0.25, 0.3) is 0 Å². The number of halogens is 1. The zero-order valence-electron chi connectivity index (χ0n) is 9.89. The van der Waals surface area contributed by atoms with Crippen molar-refractivity contribution in [3.8, 4) is 17.2 Å². The van der Waals surface area contributed by atoms with Gasteiger partial charge >= 0.3 is 5.97 Å².